The maximum absolute atomic E-state index is 5.04. The molecular weight excluding hydrogens is 112 g/mol. The predicted octanol–water partition coefficient (Wildman–Crippen LogP) is 2.11. The summed E-state index contributed by atoms with van der Waals surface area (Å²) in [5.41, 5.74) is 0. The summed E-state index contributed by atoms with van der Waals surface area (Å²) in [6.07, 6.45) is 7.44. The smallest absolute Gasteiger partial charge is 0.114 e. The van der Waals surface area contributed by atoms with Crippen LogP contribution in [0.3, 0.4) is 0 Å². The van der Waals surface area contributed by atoms with Gasteiger partial charge in [-0.2, -0.15) is 0 Å². The zero-order valence-electron chi connectivity index (χ0n) is 5.92. The molecule has 1 heteroatoms. The van der Waals surface area contributed by atoms with Crippen LogP contribution >= 0.6 is 0 Å². The second-order valence-electron chi connectivity index (χ2n) is 2.39. The van der Waals surface area contributed by atoms with Crippen LogP contribution < -0.4 is 0 Å². The molecule has 1 nitrogen and oxygen atoms in total. The van der Waals surface area contributed by atoms with Crippen LogP contribution in [-0.4, -0.2) is 7.11 Å². The van der Waals surface area contributed by atoms with Crippen molar-refractivity contribution in [3.05, 3.63) is 24.0 Å². The Morgan fingerprint density at radius 3 is 2.89 bits per heavy atom. The molecular formula is C8H12O. The monoisotopic (exact) mass is 124 g/mol. The molecule has 0 bridgehead atoms. The van der Waals surface area contributed by atoms with E-state index in [0.29, 0.717) is 5.92 Å². The van der Waals surface area contributed by atoms with Crippen LogP contribution in [0.5, 0.6) is 0 Å². The predicted molar refractivity (Wildman–Crippen MR) is 38.0 cm³/mol. The van der Waals surface area contributed by atoms with Crippen molar-refractivity contribution in [1.82, 2.24) is 0 Å². The van der Waals surface area contributed by atoms with Crippen LogP contribution in [0.25, 0.3) is 0 Å². The van der Waals surface area contributed by atoms with Gasteiger partial charge in [0.2, 0.25) is 0 Å². The summed E-state index contributed by atoms with van der Waals surface area (Å²) >= 11 is 0. The number of rotatable bonds is 1. The van der Waals surface area contributed by atoms with Gasteiger partial charge in [0, 0.05) is 0 Å². The lowest BCUT2D eigenvalue weighted by Crippen LogP contribution is -1.95. The van der Waals surface area contributed by atoms with Crippen LogP contribution in [0.15, 0.2) is 24.0 Å². The van der Waals surface area contributed by atoms with E-state index < -0.39 is 0 Å². The normalized spacial score (nSPS) is 25.6. The summed E-state index contributed by atoms with van der Waals surface area (Å²) in [5, 5.41) is 0. The third kappa shape index (κ3) is 1.60. The molecule has 0 aromatic rings. The van der Waals surface area contributed by atoms with Gasteiger partial charge in [-0.3, -0.25) is 0 Å². The van der Waals surface area contributed by atoms with E-state index in [9.17, 15) is 0 Å². The Morgan fingerprint density at radius 1 is 1.67 bits per heavy atom. The lowest BCUT2D eigenvalue weighted by atomic mass is 10.0. The lowest BCUT2D eigenvalue weighted by molar-refractivity contribution is 0.300. The van der Waals surface area contributed by atoms with Crippen molar-refractivity contribution in [1.29, 1.82) is 0 Å². The molecule has 0 saturated carbocycles. The van der Waals surface area contributed by atoms with E-state index in [0.717, 1.165) is 12.2 Å². The van der Waals surface area contributed by atoms with Gasteiger partial charge in [0.25, 0.3) is 0 Å². The number of ether oxygens (including phenoxy) is 1. The van der Waals surface area contributed by atoms with Gasteiger partial charge < -0.3 is 4.74 Å². The van der Waals surface area contributed by atoms with E-state index in [1.165, 1.54) is 0 Å². The molecule has 0 heterocycles. The fraction of sp³-hybridized carbons (Fsp3) is 0.500. The molecule has 1 aliphatic carbocycles. The Hall–Kier alpha value is -0.720. The lowest BCUT2D eigenvalue weighted by Gasteiger charge is -2.09. The van der Waals surface area contributed by atoms with Gasteiger partial charge in [0.15, 0.2) is 0 Å². The second kappa shape index (κ2) is 2.72. The van der Waals surface area contributed by atoms with Gasteiger partial charge in [-0.15, -0.1) is 0 Å². The van der Waals surface area contributed by atoms with Gasteiger partial charge in [-0.05, 0) is 24.5 Å². The summed E-state index contributed by atoms with van der Waals surface area (Å²) < 4.78 is 5.04. The van der Waals surface area contributed by atoms with E-state index in [-0.39, 0.29) is 0 Å². The molecule has 0 amide bonds. The average molecular weight is 124 g/mol. The first-order valence-corrected chi connectivity index (χ1v) is 3.25. The van der Waals surface area contributed by atoms with Crippen molar-refractivity contribution in [3.8, 4) is 0 Å². The van der Waals surface area contributed by atoms with Crippen molar-refractivity contribution < 1.29 is 4.74 Å². The molecule has 0 spiro atoms. The highest BCUT2D eigenvalue weighted by molar-refractivity contribution is 5.17. The number of hydrogen-bond donors (Lipinski definition) is 0. The molecule has 0 aliphatic heterocycles. The third-order valence-electron chi connectivity index (χ3n) is 1.47. The Bertz CT molecular complexity index is 145. The van der Waals surface area contributed by atoms with Crippen molar-refractivity contribution in [2.45, 2.75) is 13.3 Å². The molecule has 0 fully saturated rings. The Morgan fingerprint density at radius 2 is 2.44 bits per heavy atom. The average Bonchev–Trinajstić information content (AvgIpc) is 1.88. The maximum atomic E-state index is 5.04. The van der Waals surface area contributed by atoms with Crippen molar-refractivity contribution >= 4 is 0 Å². The van der Waals surface area contributed by atoms with E-state index in [2.05, 4.69) is 19.1 Å². The fourth-order valence-electron chi connectivity index (χ4n) is 0.939. The number of methoxy groups -OCH3 is 1. The quantitative estimate of drug-likeness (QED) is 0.520. The zero-order valence-corrected chi connectivity index (χ0v) is 5.92. The zero-order chi connectivity index (χ0) is 6.69. The molecule has 0 saturated heterocycles. The number of allylic oxidation sites excluding steroid dienone is 3. The molecule has 0 N–H and O–H groups in total. The highest BCUT2D eigenvalue weighted by atomic mass is 16.5. The van der Waals surface area contributed by atoms with Gasteiger partial charge in [0.1, 0.15) is 5.76 Å². The fourth-order valence-corrected chi connectivity index (χ4v) is 0.939. The van der Waals surface area contributed by atoms with Gasteiger partial charge in [0.05, 0.1) is 7.11 Å². The molecule has 9 heavy (non-hydrogen) atoms. The first-order valence-electron chi connectivity index (χ1n) is 3.25. The Balaban J connectivity index is 2.59. The summed E-state index contributed by atoms with van der Waals surface area (Å²) in [4.78, 5) is 0. The van der Waals surface area contributed by atoms with Crippen molar-refractivity contribution in [2.24, 2.45) is 5.92 Å². The summed E-state index contributed by atoms with van der Waals surface area (Å²) in [5.74, 6) is 1.64. The Kier molecular flexibility index (Phi) is 1.93. The van der Waals surface area contributed by atoms with Crippen LogP contribution in [0.2, 0.25) is 0 Å². The molecule has 0 radical (unpaired) electrons. The summed E-state index contributed by atoms with van der Waals surface area (Å²) in [7, 11) is 1.70. The van der Waals surface area contributed by atoms with Crippen LogP contribution in [0.4, 0.5) is 0 Å². The molecule has 50 valence electrons. The van der Waals surface area contributed by atoms with Crippen LogP contribution in [-0.2, 0) is 4.74 Å². The minimum atomic E-state index is 0.643. The van der Waals surface area contributed by atoms with E-state index >= 15 is 0 Å². The van der Waals surface area contributed by atoms with Gasteiger partial charge in [-0.1, -0.05) is 13.0 Å². The molecule has 0 unspecified atom stereocenters. The Labute approximate surface area is 56.0 Å². The van der Waals surface area contributed by atoms with Crippen molar-refractivity contribution in [2.75, 3.05) is 7.11 Å². The van der Waals surface area contributed by atoms with Gasteiger partial charge in [-0.25, -0.2) is 0 Å². The third-order valence-corrected chi connectivity index (χ3v) is 1.47. The minimum absolute atomic E-state index is 0.643. The first kappa shape index (κ1) is 6.40. The number of hydrogen-bond acceptors (Lipinski definition) is 1. The molecule has 0 aromatic carbocycles. The van der Waals surface area contributed by atoms with Crippen LogP contribution in [0.1, 0.15) is 13.3 Å². The maximum Gasteiger partial charge on any atom is 0.114 e. The standard InChI is InChI=1S/C8H12O/c1-7-4-3-5-8(6-7)9-2/h3,5-7H,4H2,1-2H3/t7-/m0/s1. The minimum Gasteiger partial charge on any atom is -0.497 e. The topological polar surface area (TPSA) is 9.23 Å². The molecule has 0 aromatic heterocycles. The molecule has 1 atom stereocenters. The molecule has 1 aliphatic rings. The highest BCUT2D eigenvalue weighted by Gasteiger charge is 2.02. The van der Waals surface area contributed by atoms with Gasteiger partial charge >= 0.3 is 0 Å². The second-order valence-corrected chi connectivity index (χ2v) is 2.39. The summed E-state index contributed by atoms with van der Waals surface area (Å²) in [6, 6.07) is 0. The SMILES string of the molecule is COC1=C[C@@H](C)CC=C1. The van der Waals surface area contributed by atoms with Crippen molar-refractivity contribution in [3.63, 3.8) is 0 Å². The molecule has 1 rings (SSSR count). The summed E-state index contributed by atoms with van der Waals surface area (Å²) in [6.45, 7) is 2.18. The van der Waals surface area contributed by atoms with E-state index in [1.54, 1.807) is 7.11 Å². The van der Waals surface area contributed by atoms with E-state index in [1.807, 2.05) is 6.08 Å². The first-order chi connectivity index (χ1) is 4.33. The van der Waals surface area contributed by atoms with E-state index in [4.69, 9.17) is 4.74 Å². The highest BCUT2D eigenvalue weighted by Crippen LogP contribution is 2.15. The largest absolute Gasteiger partial charge is 0.497 e. The van der Waals surface area contributed by atoms with Crippen LogP contribution in [0, 0.1) is 5.92 Å².